The fourth-order valence-corrected chi connectivity index (χ4v) is 2.79. The van der Waals surface area contributed by atoms with E-state index in [2.05, 4.69) is 22.4 Å². The van der Waals surface area contributed by atoms with Crippen molar-refractivity contribution in [1.82, 2.24) is 15.1 Å². The average molecular weight is 290 g/mol. The van der Waals surface area contributed by atoms with E-state index in [1.807, 2.05) is 6.07 Å². The van der Waals surface area contributed by atoms with Gasteiger partial charge in [0.1, 0.15) is 5.82 Å². The highest BCUT2D eigenvalue weighted by Crippen LogP contribution is 2.30. The number of aromatic nitrogens is 2. The first-order chi connectivity index (χ1) is 10.1. The minimum atomic E-state index is -0.120. The number of carbonyl (C=O) groups excluding carboxylic acids is 1. The summed E-state index contributed by atoms with van der Waals surface area (Å²) in [7, 11) is 3.42. The second-order valence-electron chi connectivity index (χ2n) is 6.34. The molecule has 1 N–H and O–H groups in total. The first-order valence-corrected chi connectivity index (χ1v) is 7.85. The summed E-state index contributed by atoms with van der Waals surface area (Å²) in [5.74, 6) is 2.37. The summed E-state index contributed by atoms with van der Waals surface area (Å²) in [6.07, 6.45) is 6.63. The molecule has 0 aromatic carbocycles. The van der Waals surface area contributed by atoms with Crippen LogP contribution in [0.1, 0.15) is 49.5 Å². The van der Waals surface area contributed by atoms with Crippen molar-refractivity contribution in [2.75, 3.05) is 26.0 Å². The number of hydrogen-bond acceptors (Lipinski definition) is 4. The normalized spacial score (nSPS) is 21.9. The van der Waals surface area contributed by atoms with Crippen LogP contribution in [-0.4, -0.2) is 41.6 Å². The lowest BCUT2D eigenvalue weighted by Gasteiger charge is -2.26. The van der Waals surface area contributed by atoms with E-state index in [0.29, 0.717) is 5.69 Å². The van der Waals surface area contributed by atoms with Gasteiger partial charge in [0.25, 0.3) is 5.91 Å². The molecule has 0 atom stereocenters. The van der Waals surface area contributed by atoms with Gasteiger partial charge in [-0.05, 0) is 30.4 Å². The van der Waals surface area contributed by atoms with Crippen LogP contribution in [0.25, 0.3) is 0 Å². The molecule has 21 heavy (non-hydrogen) atoms. The van der Waals surface area contributed by atoms with Crippen molar-refractivity contribution < 1.29 is 4.79 Å². The number of amides is 1. The van der Waals surface area contributed by atoms with Crippen LogP contribution >= 0.6 is 0 Å². The lowest BCUT2D eigenvalue weighted by Crippen LogP contribution is -2.23. The van der Waals surface area contributed by atoms with E-state index in [-0.39, 0.29) is 5.91 Å². The first kappa shape index (κ1) is 15.7. The van der Waals surface area contributed by atoms with E-state index in [9.17, 15) is 4.79 Å². The second-order valence-corrected chi connectivity index (χ2v) is 6.34. The van der Waals surface area contributed by atoms with Gasteiger partial charge < -0.3 is 10.2 Å². The summed E-state index contributed by atoms with van der Waals surface area (Å²) >= 11 is 0. The number of rotatable bonds is 5. The highest BCUT2D eigenvalue weighted by atomic mass is 16.2. The summed E-state index contributed by atoms with van der Waals surface area (Å²) in [4.78, 5) is 13.2. The van der Waals surface area contributed by atoms with Crippen LogP contribution in [0, 0.1) is 11.8 Å². The smallest absolute Gasteiger partial charge is 0.273 e. The Bertz CT molecular complexity index is 450. The Morgan fingerprint density at radius 3 is 2.52 bits per heavy atom. The summed E-state index contributed by atoms with van der Waals surface area (Å²) in [5.41, 5.74) is 0.381. The van der Waals surface area contributed by atoms with E-state index in [1.165, 1.54) is 37.0 Å². The van der Waals surface area contributed by atoms with E-state index < -0.39 is 0 Å². The fraction of sp³-hybridized carbons (Fsp3) is 0.688. The molecule has 5 nitrogen and oxygen atoms in total. The van der Waals surface area contributed by atoms with Gasteiger partial charge in [-0.3, -0.25) is 4.79 Å². The molecule has 0 spiro atoms. The van der Waals surface area contributed by atoms with Crippen LogP contribution in [0.4, 0.5) is 5.82 Å². The van der Waals surface area contributed by atoms with Gasteiger partial charge in [-0.25, -0.2) is 0 Å². The molecule has 1 saturated carbocycles. The molecule has 1 fully saturated rings. The molecule has 1 aliphatic rings. The zero-order valence-corrected chi connectivity index (χ0v) is 13.3. The fourth-order valence-electron chi connectivity index (χ4n) is 2.79. The predicted octanol–water partition coefficient (Wildman–Crippen LogP) is 2.81. The molecule has 1 aromatic heterocycles. The lowest BCUT2D eigenvalue weighted by molar-refractivity contribution is 0.0821. The Balaban J connectivity index is 1.75. The van der Waals surface area contributed by atoms with Gasteiger partial charge in [0.2, 0.25) is 0 Å². The molecule has 0 bridgehead atoms. The number of nitrogens with one attached hydrogen (secondary N) is 1. The highest BCUT2D eigenvalue weighted by Gasteiger charge is 2.17. The molecule has 1 amide bonds. The van der Waals surface area contributed by atoms with E-state index in [4.69, 9.17) is 0 Å². The summed E-state index contributed by atoms with van der Waals surface area (Å²) in [6, 6.07) is 3.55. The molecule has 116 valence electrons. The Hall–Kier alpha value is -1.65. The van der Waals surface area contributed by atoms with Crippen LogP contribution < -0.4 is 5.32 Å². The number of carbonyl (C=O) groups is 1. The Labute approximate surface area is 127 Å². The van der Waals surface area contributed by atoms with Crippen LogP contribution in [0.15, 0.2) is 12.1 Å². The van der Waals surface area contributed by atoms with Crippen molar-refractivity contribution in [2.24, 2.45) is 11.8 Å². The number of nitrogens with zero attached hydrogens (tertiary/aromatic N) is 3. The van der Waals surface area contributed by atoms with Gasteiger partial charge in [-0.1, -0.05) is 32.6 Å². The monoisotopic (exact) mass is 290 g/mol. The lowest BCUT2D eigenvalue weighted by atomic mass is 9.81. The largest absolute Gasteiger partial charge is 0.369 e. The minimum Gasteiger partial charge on any atom is -0.369 e. The Morgan fingerprint density at radius 2 is 1.95 bits per heavy atom. The van der Waals surface area contributed by atoms with Crippen molar-refractivity contribution in [3.63, 3.8) is 0 Å². The van der Waals surface area contributed by atoms with Crippen molar-refractivity contribution in [3.8, 4) is 0 Å². The number of hydrogen-bond donors (Lipinski definition) is 1. The molecule has 0 radical (unpaired) electrons. The topological polar surface area (TPSA) is 58.1 Å². The predicted molar refractivity (Wildman–Crippen MR) is 84.3 cm³/mol. The van der Waals surface area contributed by atoms with Crippen molar-refractivity contribution in [1.29, 1.82) is 0 Å². The molecular formula is C16H26N4O. The van der Waals surface area contributed by atoms with Crippen LogP contribution in [0.5, 0.6) is 0 Å². The third-order valence-corrected chi connectivity index (χ3v) is 4.28. The van der Waals surface area contributed by atoms with Crippen molar-refractivity contribution in [3.05, 3.63) is 17.8 Å². The average Bonchev–Trinajstić information content (AvgIpc) is 2.49. The van der Waals surface area contributed by atoms with Crippen LogP contribution in [0.2, 0.25) is 0 Å². The quantitative estimate of drug-likeness (QED) is 0.906. The molecular weight excluding hydrogens is 264 g/mol. The molecule has 1 aliphatic carbocycles. The summed E-state index contributed by atoms with van der Waals surface area (Å²) in [5, 5.41) is 11.3. The SMILES string of the molecule is CC1CCC(CCNc2ccc(C(=O)N(C)C)nn2)CC1. The van der Waals surface area contributed by atoms with Gasteiger partial charge in [-0.2, -0.15) is 0 Å². The van der Waals surface area contributed by atoms with E-state index in [0.717, 1.165) is 24.2 Å². The molecule has 1 aromatic rings. The molecule has 2 rings (SSSR count). The standard InChI is InChI=1S/C16H26N4O/c1-12-4-6-13(7-5-12)10-11-17-15-9-8-14(18-19-15)16(21)20(2)3/h8-9,12-13H,4-7,10-11H2,1-3H3,(H,17,19). The molecule has 0 unspecified atom stereocenters. The second kappa shape index (κ2) is 7.38. The van der Waals surface area contributed by atoms with Gasteiger partial charge >= 0.3 is 0 Å². The van der Waals surface area contributed by atoms with Crippen molar-refractivity contribution >= 4 is 11.7 Å². The molecule has 1 heterocycles. The van der Waals surface area contributed by atoms with Crippen LogP contribution in [0.3, 0.4) is 0 Å². The zero-order chi connectivity index (χ0) is 15.2. The molecule has 5 heteroatoms. The van der Waals surface area contributed by atoms with E-state index in [1.54, 1.807) is 20.2 Å². The van der Waals surface area contributed by atoms with Gasteiger partial charge in [0.05, 0.1) is 0 Å². The summed E-state index contributed by atoms with van der Waals surface area (Å²) < 4.78 is 0. The van der Waals surface area contributed by atoms with Crippen LogP contribution in [-0.2, 0) is 0 Å². The van der Waals surface area contributed by atoms with Crippen molar-refractivity contribution in [2.45, 2.75) is 39.0 Å². The highest BCUT2D eigenvalue weighted by molar-refractivity contribution is 5.91. The van der Waals surface area contributed by atoms with Gasteiger partial charge in [-0.15, -0.1) is 10.2 Å². The third kappa shape index (κ3) is 4.69. The maximum atomic E-state index is 11.7. The first-order valence-electron chi connectivity index (χ1n) is 7.85. The Morgan fingerprint density at radius 1 is 1.24 bits per heavy atom. The third-order valence-electron chi connectivity index (χ3n) is 4.28. The maximum absolute atomic E-state index is 11.7. The van der Waals surface area contributed by atoms with Gasteiger partial charge in [0, 0.05) is 20.6 Å². The Kier molecular flexibility index (Phi) is 5.53. The minimum absolute atomic E-state index is 0.120. The van der Waals surface area contributed by atoms with Gasteiger partial charge in [0.15, 0.2) is 5.69 Å². The maximum Gasteiger partial charge on any atom is 0.273 e. The summed E-state index contributed by atoms with van der Waals surface area (Å²) in [6.45, 7) is 3.27. The molecule has 0 aliphatic heterocycles. The number of anilines is 1. The zero-order valence-electron chi connectivity index (χ0n) is 13.3. The van der Waals surface area contributed by atoms with E-state index >= 15 is 0 Å². The molecule has 0 saturated heterocycles.